The van der Waals surface area contributed by atoms with Gasteiger partial charge in [-0.3, -0.25) is 4.79 Å². The van der Waals surface area contributed by atoms with Gasteiger partial charge in [0.05, 0.1) is 5.56 Å². The summed E-state index contributed by atoms with van der Waals surface area (Å²) >= 11 is 0. The molecule has 18 heavy (non-hydrogen) atoms. The number of nitrogens with two attached hydrogens (primary N) is 1. The van der Waals surface area contributed by atoms with Gasteiger partial charge < -0.3 is 10.6 Å². The number of anilines is 1. The lowest BCUT2D eigenvalue weighted by atomic mass is 9.93. The smallest absolute Gasteiger partial charge is 0.256 e. The van der Waals surface area contributed by atoms with Crippen molar-refractivity contribution in [1.29, 1.82) is 0 Å². The highest BCUT2D eigenvalue weighted by Crippen LogP contribution is 2.25. The number of hydrogen-bond acceptors (Lipinski definition) is 2. The highest BCUT2D eigenvalue weighted by atomic mass is 16.2. The predicted molar refractivity (Wildman–Crippen MR) is 74.4 cm³/mol. The number of rotatable bonds is 3. The van der Waals surface area contributed by atoms with Crippen molar-refractivity contribution in [3.8, 4) is 0 Å². The standard InChI is InChI=1S/C15H22N2O/c1-2-17(12-8-4-3-5-9-12)15(18)13-10-6-7-11-14(13)16/h6-7,10-12H,2-5,8-9,16H2,1H3. The van der Waals surface area contributed by atoms with Crippen LogP contribution in [0.2, 0.25) is 0 Å². The third-order valence-electron chi connectivity index (χ3n) is 3.81. The molecule has 0 heterocycles. The highest BCUT2D eigenvalue weighted by Gasteiger charge is 2.25. The summed E-state index contributed by atoms with van der Waals surface area (Å²) in [6, 6.07) is 7.75. The second kappa shape index (κ2) is 5.89. The zero-order valence-corrected chi connectivity index (χ0v) is 11.1. The van der Waals surface area contributed by atoms with Crippen LogP contribution in [-0.2, 0) is 0 Å². The fraction of sp³-hybridized carbons (Fsp3) is 0.533. The Balaban J connectivity index is 2.17. The summed E-state index contributed by atoms with van der Waals surface area (Å²) < 4.78 is 0. The van der Waals surface area contributed by atoms with Crippen molar-refractivity contribution in [2.24, 2.45) is 0 Å². The monoisotopic (exact) mass is 246 g/mol. The van der Waals surface area contributed by atoms with Crippen LogP contribution >= 0.6 is 0 Å². The molecule has 1 amide bonds. The van der Waals surface area contributed by atoms with Crippen LogP contribution in [-0.4, -0.2) is 23.4 Å². The number of carbonyl (C=O) groups is 1. The van der Waals surface area contributed by atoms with Crippen molar-refractivity contribution in [1.82, 2.24) is 4.90 Å². The Morgan fingerprint density at radius 2 is 1.94 bits per heavy atom. The van der Waals surface area contributed by atoms with Gasteiger partial charge in [-0.05, 0) is 31.9 Å². The Morgan fingerprint density at radius 3 is 2.56 bits per heavy atom. The van der Waals surface area contributed by atoms with E-state index in [-0.39, 0.29) is 5.91 Å². The minimum Gasteiger partial charge on any atom is -0.398 e. The van der Waals surface area contributed by atoms with E-state index < -0.39 is 0 Å². The largest absolute Gasteiger partial charge is 0.398 e. The van der Waals surface area contributed by atoms with Crippen molar-refractivity contribution in [2.45, 2.75) is 45.1 Å². The molecular formula is C15H22N2O. The average molecular weight is 246 g/mol. The second-order valence-corrected chi connectivity index (χ2v) is 4.97. The van der Waals surface area contributed by atoms with Gasteiger partial charge in [-0.2, -0.15) is 0 Å². The second-order valence-electron chi connectivity index (χ2n) is 4.97. The van der Waals surface area contributed by atoms with Crippen LogP contribution in [0.4, 0.5) is 5.69 Å². The van der Waals surface area contributed by atoms with E-state index in [4.69, 9.17) is 5.73 Å². The minimum absolute atomic E-state index is 0.0856. The first-order valence-electron chi connectivity index (χ1n) is 6.89. The zero-order valence-electron chi connectivity index (χ0n) is 11.1. The van der Waals surface area contributed by atoms with E-state index in [0.717, 1.165) is 19.4 Å². The Kier molecular flexibility index (Phi) is 4.24. The van der Waals surface area contributed by atoms with Crippen molar-refractivity contribution in [2.75, 3.05) is 12.3 Å². The zero-order chi connectivity index (χ0) is 13.0. The molecule has 0 spiro atoms. The summed E-state index contributed by atoms with van der Waals surface area (Å²) in [7, 11) is 0. The van der Waals surface area contributed by atoms with E-state index in [1.807, 2.05) is 30.0 Å². The van der Waals surface area contributed by atoms with Gasteiger partial charge in [-0.25, -0.2) is 0 Å². The number of para-hydroxylation sites is 1. The maximum Gasteiger partial charge on any atom is 0.256 e. The molecule has 1 aliphatic rings. The first-order chi connectivity index (χ1) is 8.74. The summed E-state index contributed by atoms with van der Waals surface area (Å²) in [5.41, 5.74) is 7.12. The molecule has 1 aromatic carbocycles. The van der Waals surface area contributed by atoms with E-state index in [2.05, 4.69) is 0 Å². The maximum atomic E-state index is 12.5. The van der Waals surface area contributed by atoms with Crippen LogP contribution < -0.4 is 5.73 Å². The van der Waals surface area contributed by atoms with Crippen molar-refractivity contribution in [3.63, 3.8) is 0 Å². The van der Waals surface area contributed by atoms with Crippen LogP contribution in [0.1, 0.15) is 49.4 Å². The molecule has 1 fully saturated rings. The Bertz CT molecular complexity index is 411. The van der Waals surface area contributed by atoms with E-state index in [1.165, 1.54) is 19.3 Å². The maximum absolute atomic E-state index is 12.5. The molecule has 0 aromatic heterocycles. The van der Waals surface area contributed by atoms with Crippen LogP contribution in [0.3, 0.4) is 0 Å². The molecule has 0 bridgehead atoms. The van der Waals surface area contributed by atoms with Crippen LogP contribution in [0.5, 0.6) is 0 Å². The third kappa shape index (κ3) is 2.66. The Morgan fingerprint density at radius 1 is 1.28 bits per heavy atom. The molecule has 0 unspecified atom stereocenters. The van der Waals surface area contributed by atoms with Gasteiger partial charge in [-0.1, -0.05) is 31.4 Å². The number of hydrogen-bond donors (Lipinski definition) is 1. The fourth-order valence-electron chi connectivity index (χ4n) is 2.81. The predicted octanol–water partition coefficient (Wildman–Crippen LogP) is 3.06. The van der Waals surface area contributed by atoms with Crippen molar-refractivity contribution >= 4 is 11.6 Å². The SMILES string of the molecule is CCN(C(=O)c1ccccc1N)C1CCCCC1. The summed E-state index contributed by atoms with van der Waals surface area (Å²) in [5, 5.41) is 0. The van der Waals surface area contributed by atoms with Gasteiger partial charge >= 0.3 is 0 Å². The number of benzene rings is 1. The lowest BCUT2D eigenvalue weighted by Gasteiger charge is -2.33. The summed E-state index contributed by atoms with van der Waals surface area (Å²) in [4.78, 5) is 14.5. The van der Waals surface area contributed by atoms with Gasteiger partial charge in [0.2, 0.25) is 0 Å². The molecule has 1 aromatic rings. The fourth-order valence-corrected chi connectivity index (χ4v) is 2.81. The van der Waals surface area contributed by atoms with Crippen LogP contribution in [0, 0.1) is 0 Å². The number of carbonyl (C=O) groups excluding carboxylic acids is 1. The van der Waals surface area contributed by atoms with Crippen molar-refractivity contribution in [3.05, 3.63) is 29.8 Å². The average Bonchev–Trinajstić information content (AvgIpc) is 2.41. The lowest BCUT2D eigenvalue weighted by molar-refractivity contribution is 0.0649. The van der Waals surface area contributed by atoms with E-state index >= 15 is 0 Å². The molecule has 3 nitrogen and oxygen atoms in total. The van der Waals surface area contributed by atoms with Crippen molar-refractivity contribution < 1.29 is 4.79 Å². The van der Waals surface area contributed by atoms with Gasteiger partial charge in [0, 0.05) is 18.3 Å². The van der Waals surface area contributed by atoms with E-state index in [9.17, 15) is 4.79 Å². The molecule has 3 heteroatoms. The van der Waals surface area contributed by atoms with Gasteiger partial charge in [-0.15, -0.1) is 0 Å². The number of amides is 1. The molecule has 0 aliphatic heterocycles. The van der Waals surface area contributed by atoms with E-state index in [0.29, 0.717) is 17.3 Å². The van der Waals surface area contributed by atoms with Gasteiger partial charge in [0.15, 0.2) is 0 Å². The first kappa shape index (κ1) is 12.9. The molecule has 2 rings (SSSR count). The quantitative estimate of drug-likeness (QED) is 0.833. The molecule has 1 saturated carbocycles. The highest BCUT2D eigenvalue weighted by molar-refractivity contribution is 5.99. The van der Waals surface area contributed by atoms with Gasteiger partial charge in [0.25, 0.3) is 5.91 Å². The first-order valence-corrected chi connectivity index (χ1v) is 6.89. The third-order valence-corrected chi connectivity index (χ3v) is 3.81. The molecule has 2 N–H and O–H groups in total. The Labute approximate surface area is 109 Å². The summed E-state index contributed by atoms with van der Waals surface area (Å²) in [5.74, 6) is 0.0856. The molecule has 98 valence electrons. The molecule has 0 atom stereocenters. The Hall–Kier alpha value is -1.51. The minimum atomic E-state index is 0.0856. The summed E-state index contributed by atoms with van der Waals surface area (Å²) in [6.45, 7) is 2.81. The van der Waals surface area contributed by atoms with E-state index in [1.54, 1.807) is 6.07 Å². The number of nitrogen functional groups attached to an aromatic ring is 1. The normalized spacial score (nSPS) is 16.5. The topological polar surface area (TPSA) is 46.3 Å². The molecule has 1 aliphatic carbocycles. The molecular weight excluding hydrogens is 224 g/mol. The van der Waals surface area contributed by atoms with Crippen LogP contribution in [0.25, 0.3) is 0 Å². The van der Waals surface area contributed by atoms with Gasteiger partial charge in [0.1, 0.15) is 0 Å². The van der Waals surface area contributed by atoms with Crippen LogP contribution in [0.15, 0.2) is 24.3 Å². The number of nitrogens with zero attached hydrogens (tertiary/aromatic N) is 1. The summed E-state index contributed by atoms with van der Waals surface area (Å²) in [6.07, 6.45) is 6.03. The molecule has 0 radical (unpaired) electrons. The molecule has 0 saturated heterocycles. The lowest BCUT2D eigenvalue weighted by Crippen LogP contribution is -2.41.